The van der Waals surface area contributed by atoms with Gasteiger partial charge in [0.25, 0.3) is 5.91 Å². The molecule has 1 amide bonds. The van der Waals surface area contributed by atoms with E-state index in [1.165, 1.54) is 24.3 Å². The molecule has 10 heteroatoms. The molecule has 0 spiro atoms. The highest BCUT2D eigenvalue weighted by Crippen LogP contribution is 2.26. The van der Waals surface area contributed by atoms with Crippen LogP contribution in [0.1, 0.15) is 33.1 Å². The molecule has 0 saturated heterocycles. The molecule has 170 valence electrons. The molecule has 4 aromatic rings. The van der Waals surface area contributed by atoms with Gasteiger partial charge in [-0.05, 0) is 50.2 Å². The maximum atomic E-state index is 13.1. The van der Waals surface area contributed by atoms with Gasteiger partial charge in [-0.25, -0.2) is 4.39 Å². The van der Waals surface area contributed by atoms with Crippen LogP contribution >= 0.6 is 23.2 Å². The summed E-state index contributed by atoms with van der Waals surface area (Å²) in [4.78, 5) is 12.9. The monoisotopic (exact) mass is 488 g/mol. The van der Waals surface area contributed by atoms with Crippen molar-refractivity contribution in [3.63, 3.8) is 0 Å². The van der Waals surface area contributed by atoms with Crippen LogP contribution in [-0.4, -0.2) is 20.8 Å². The molecule has 1 N–H and O–H groups in total. The number of rotatable bonds is 7. The molecular weight excluding hydrogens is 470 g/mol. The normalized spacial score (nSPS) is 10.9. The molecule has 0 unspecified atom stereocenters. The smallest absolute Gasteiger partial charge is 0.279 e. The van der Waals surface area contributed by atoms with E-state index in [1.807, 2.05) is 6.92 Å². The summed E-state index contributed by atoms with van der Waals surface area (Å²) in [6, 6.07) is 12.6. The average Bonchev–Trinajstić information content (AvgIpc) is 3.32. The lowest BCUT2D eigenvalue weighted by Crippen LogP contribution is -2.16. The molecule has 0 saturated carbocycles. The van der Waals surface area contributed by atoms with E-state index in [-0.39, 0.29) is 18.1 Å². The van der Waals surface area contributed by atoms with Crippen molar-refractivity contribution in [1.82, 2.24) is 14.9 Å². The number of hydrogen-bond donors (Lipinski definition) is 1. The van der Waals surface area contributed by atoms with E-state index in [4.69, 9.17) is 32.5 Å². The molecule has 7 nitrogen and oxygen atoms in total. The third kappa shape index (κ3) is 5.18. The zero-order chi connectivity index (χ0) is 23.5. The Morgan fingerprint density at radius 1 is 1.12 bits per heavy atom. The highest BCUT2D eigenvalue weighted by Gasteiger charge is 2.22. The van der Waals surface area contributed by atoms with E-state index < -0.39 is 5.91 Å². The molecule has 0 fully saturated rings. The Hall–Kier alpha value is -3.36. The number of benzene rings is 2. The summed E-state index contributed by atoms with van der Waals surface area (Å²) in [6.45, 7) is 3.91. The third-order valence-corrected chi connectivity index (χ3v) is 5.70. The molecule has 0 aliphatic carbocycles. The number of carbonyl (C=O) groups is 1. The number of halogens is 3. The largest absolute Gasteiger partial charge is 0.489 e. The lowest BCUT2D eigenvalue weighted by Gasteiger charge is -2.08. The number of amides is 1. The molecule has 4 rings (SSSR count). The van der Waals surface area contributed by atoms with Crippen molar-refractivity contribution in [1.29, 1.82) is 0 Å². The van der Waals surface area contributed by atoms with E-state index in [9.17, 15) is 9.18 Å². The SMILES string of the molecule is Cc1onc(C(=O)Nc2cc(C)n(Cc3c(Cl)cccc3Cl)n2)c1COc1ccc(F)cc1. The van der Waals surface area contributed by atoms with Crippen LogP contribution in [0.3, 0.4) is 0 Å². The minimum atomic E-state index is -0.495. The average molecular weight is 489 g/mol. The van der Waals surface area contributed by atoms with Crippen molar-refractivity contribution >= 4 is 34.9 Å². The van der Waals surface area contributed by atoms with Gasteiger partial charge in [0.15, 0.2) is 11.5 Å². The second kappa shape index (κ2) is 9.64. The number of nitrogens with zero attached hydrogens (tertiary/aromatic N) is 3. The van der Waals surface area contributed by atoms with Crippen LogP contribution in [-0.2, 0) is 13.2 Å². The molecule has 2 heterocycles. The molecule has 33 heavy (non-hydrogen) atoms. The molecule has 2 aromatic carbocycles. The molecule has 2 aromatic heterocycles. The Kier molecular flexibility index (Phi) is 6.67. The zero-order valence-electron chi connectivity index (χ0n) is 17.7. The van der Waals surface area contributed by atoms with Crippen LogP contribution in [0.15, 0.2) is 53.1 Å². The van der Waals surface area contributed by atoms with Gasteiger partial charge in [-0.1, -0.05) is 34.4 Å². The molecule has 0 aliphatic rings. The van der Waals surface area contributed by atoms with E-state index in [2.05, 4.69) is 15.6 Å². The summed E-state index contributed by atoms with van der Waals surface area (Å²) in [5.41, 5.74) is 2.10. The summed E-state index contributed by atoms with van der Waals surface area (Å²) in [6.07, 6.45) is 0. The molecule has 0 atom stereocenters. The number of ether oxygens (including phenoxy) is 1. The Morgan fingerprint density at radius 2 is 1.82 bits per heavy atom. The number of carbonyl (C=O) groups excluding carboxylic acids is 1. The van der Waals surface area contributed by atoms with Gasteiger partial charge in [0.2, 0.25) is 0 Å². The minimum Gasteiger partial charge on any atom is -0.489 e. The quantitative estimate of drug-likeness (QED) is 0.354. The van der Waals surface area contributed by atoms with Crippen molar-refractivity contribution in [2.24, 2.45) is 0 Å². The van der Waals surface area contributed by atoms with Gasteiger partial charge in [0, 0.05) is 27.4 Å². The standard InChI is InChI=1S/C23H19Cl2FN4O3/c1-13-10-21(28-30(13)11-17-19(24)4-3-5-20(17)25)27-23(31)22-18(14(2)33-29-22)12-32-16-8-6-15(26)7-9-16/h3-10H,11-12H2,1-2H3,(H,27,28,31). The summed E-state index contributed by atoms with van der Waals surface area (Å²) in [5, 5.41) is 12.1. The van der Waals surface area contributed by atoms with E-state index in [0.29, 0.717) is 39.5 Å². The topological polar surface area (TPSA) is 82.2 Å². The highest BCUT2D eigenvalue weighted by molar-refractivity contribution is 6.35. The predicted molar refractivity (Wildman–Crippen MR) is 122 cm³/mol. The predicted octanol–water partition coefficient (Wildman–Crippen LogP) is 5.81. The second-order valence-corrected chi connectivity index (χ2v) is 8.11. The van der Waals surface area contributed by atoms with Gasteiger partial charge >= 0.3 is 0 Å². The van der Waals surface area contributed by atoms with Gasteiger partial charge < -0.3 is 14.6 Å². The molecule has 0 radical (unpaired) electrons. The van der Waals surface area contributed by atoms with Crippen LogP contribution in [0.4, 0.5) is 10.2 Å². The van der Waals surface area contributed by atoms with Crippen molar-refractivity contribution in [3.8, 4) is 5.75 Å². The first-order valence-corrected chi connectivity index (χ1v) is 10.7. The Bertz CT molecular complexity index is 1280. The van der Waals surface area contributed by atoms with E-state index in [1.54, 1.807) is 35.9 Å². The third-order valence-electron chi connectivity index (χ3n) is 4.99. The minimum absolute atomic E-state index is 0.0300. The van der Waals surface area contributed by atoms with Gasteiger partial charge in [0.1, 0.15) is 23.9 Å². The van der Waals surface area contributed by atoms with Crippen molar-refractivity contribution in [2.75, 3.05) is 5.32 Å². The fraction of sp³-hybridized carbons (Fsp3) is 0.174. The zero-order valence-corrected chi connectivity index (χ0v) is 19.2. The number of aromatic nitrogens is 3. The number of hydrogen-bond acceptors (Lipinski definition) is 5. The van der Waals surface area contributed by atoms with Crippen LogP contribution in [0.5, 0.6) is 5.75 Å². The van der Waals surface area contributed by atoms with Crippen LogP contribution in [0.25, 0.3) is 0 Å². The highest BCUT2D eigenvalue weighted by atomic mass is 35.5. The van der Waals surface area contributed by atoms with E-state index >= 15 is 0 Å². The lowest BCUT2D eigenvalue weighted by molar-refractivity contribution is 0.101. The Morgan fingerprint density at radius 3 is 2.52 bits per heavy atom. The summed E-state index contributed by atoms with van der Waals surface area (Å²) >= 11 is 12.5. The fourth-order valence-electron chi connectivity index (χ4n) is 3.17. The first-order valence-electron chi connectivity index (χ1n) is 9.94. The maximum absolute atomic E-state index is 13.1. The fourth-order valence-corrected chi connectivity index (χ4v) is 3.68. The Labute approximate surface area is 199 Å². The first-order chi connectivity index (χ1) is 15.8. The molecular formula is C23H19Cl2FN4O3. The summed E-state index contributed by atoms with van der Waals surface area (Å²) in [5.74, 6) is 0.375. The number of anilines is 1. The molecule has 0 bridgehead atoms. The number of aryl methyl sites for hydroxylation is 2. The van der Waals surface area contributed by atoms with Crippen LogP contribution in [0.2, 0.25) is 10.0 Å². The van der Waals surface area contributed by atoms with E-state index in [0.717, 1.165) is 11.3 Å². The van der Waals surface area contributed by atoms with Gasteiger partial charge in [-0.15, -0.1) is 0 Å². The summed E-state index contributed by atoms with van der Waals surface area (Å²) in [7, 11) is 0. The lowest BCUT2D eigenvalue weighted by atomic mass is 10.2. The van der Waals surface area contributed by atoms with Crippen molar-refractivity contribution in [3.05, 3.63) is 92.7 Å². The summed E-state index contributed by atoms with van der Waals surface area (Å²) < 4.78 is 25.6. The number of nitrogens with one attached hydrogen (secondary N) is 1. The van der Waals surface area contributed by atoms with Crippen LogP contribution < -0.4 is 10.1 Å². The maximum Gasteiger partial charge on any atom is 0.279 e. The Balaban J connectivity index is 1.48. The van der Waals surface area contributed by atoms with Crippen LogP contribution in [0, 0.1) is 19.7 Å². The van der Waals surface area contributed by atoms with Gasteiger partial charge in [-0.3, -0.25) is 9.48 Å². The van der Waals surface area contributed by atoms with Crippen molar-refractivity contribution in [2.45, 2.75) is 27.0 Å². The second-order valence-electron chi connectivity index (χ2n) is 7.29. The van der Waals surface area contributed by atoms with Gasteiger partial charge in [0.05, 0.1) is 12.1 Å². The molecule has 0 aliphatic heterocycles. The van der Waals surface area contributed by atoms with Crippen molar-refractivity contribution < 1.29 is 18.4 Å². The first kappa shape index (κ1) is 22.8. The van der Waals surface area contributed by atoms with Gasteiger partial charge in [-0.2, -0.15) is 5.10 Å².